The molecule has 1 N–H and O–H groups in total. The summed E-state index contributed by atoms with van der Waals surface area (Å²) in [6, 6.07) is 9.11. The standard InChI is InChI=1S/C20H24FN3O5S/c1-29-19-6-3-14(11-17(19)21)13-23-9-7-15(8-10-23)22-16-4-5-18(24(25)26)20(12-16)30(2,27)28/h3-6,11-12,15,22H,7-10,13H2,1-2H3. The van der Waals surface area contributed by atoms with Crippen molar-refractivity contribution in [3.05, 3.63) is 57.9 Å². The average Bonchev–Trinajstić information content (AvgIpc) is 2.69. The number of methoxy groups -OCH3 is 1. The van der Waals surface area contributed by atoms with E-state index in [1.165, 1.54) is 31.4 Å². The number of nitro groups is 1. The number of nitrogens with one attached hydrogen (secondary N) is 1. The van der Waals surface area contributed by atoms with Gasteiger partial charge in [-0.1, -0.05) is 6.07 Å². The Labute approximate surface area is 174 Å². The van der Waals surface area contributed by atoms with Crippen LogP contribution < -0.4 is 10.1 Å². The van der Waals surface area contributed by atoms with Crippen LogP contribution in [0.15, 0.2) is 41.3 Å². The number of likely N-dealkylation sites (tertiary alicyclic amines) is 1. The molecule has 0 unspecified atom stereocenters. The van der Waals surface area contributed by atoms with Crippen molar-refractivity contribution in [3.63, 3.8) is 0 Å². The molecule has 0 spiro atoms. The smallest absolute Gasteiger partial charge is 0.288 e. The fraction of sp³-hybridized carbons (Fsp3) is 0.400. The van der Waals surface area contributed by atoms with Gasteiger partial charge in [0.2, 0.25) is 0 Å². The van der Waals surface area contributed by atoms with Crippen molar-refractivity contribution in [1.29, 1.82) is 0 Å². The van der Waals surface area contributed by atoms with E-state index in [4.69, 9.17) is 4.74 Å². The Hall–Kier alpha value is -2.72. The summed E-state index contributed by atoms with van der Waals surface area (Å²) in [5.41, 5.74) is 0.981. The maximum absolute atomic E-state index is 13.9. The van der Waals surface area contributed by atoms with E-state index in [2.05, 4.69) is 10.2 Å². The highest BCUT2D eigenvalue weighted by molar-refractivity contribution is 7.90. The summed E-state index contributed by atoms with van der Waals surface area (Å²) in [7, 11) is -2.29. The molecule has 1 heterocycles. The Kier molecular flexibility index (Phi) is 6.57. The molecule has 3 rings (SSSR count). The Morgan fingerprint density at radius 1 is 1.23 bits per heavy atom. The van der Waals surface area contributed by atoms with Gasteiger partial charge in [-0.2, -0.15) is 0 Å². The molecule has 0 aliphatic carbocycles. The minimum Gasteiger partial charge on any atom is -0.494 e. The van der Waals surface area contributed by atoms with Crippen LogP contribution in [0.5, 0.6) is 5.75 Å². The Morgan fingerprint density at radius 3 is 2.50 bits per heavy atom. The highest BCUT2D eigenvalue weighted by atomic mass is 32.2. The van der Waals surface area contributed by atoms with Crippen LogP contribution in [0.4, 0.5) is 15.8 Å². The van der Waals surface area contributed by atoms with Gasteiger partial charge in [-0.25, -0.2) is 12.8 Å². The number of benzene rings is 2. The number of nitro benzene ring substituents is 1. The molecule has 0 amide bonds. The number of nitrogens with zero attached hydrogens (tertiary/aromatic N) is 2. The summed E-state index contributed by atoms with van der Waals surface area (Å²) in [5, 5.41) is 14.4. The van der Waals surface area contributed by atoms with Crippen LogP contribution in [-0.4, -0.2) is 50.7 Å². The number of anilines is 1. The number of halogens is 1. The van der Waals surface area contributed by atoms with E-state index in [1.54, 1.807) is 6.07 Å². The summed E-state index contributed by atoms with van der Waals surface area (Å²) in [6.07, 6.45) is 2.58. The molecule has 2 aromatic carbocycles. The maximum atomic E-state index is 13.9. The lowest BCUT2D eigenvalue weighted by Crippen LogP contribution is -2.38. The second-order valence-electron chi connectivity index (χ2n) is 7.38. The number of hydrogen-bond acceptors (Lipinski definition) is 7. The summed E-state index contributed by atoms with van der Waals surface area (Å²) >= 11 is 0. The van der Waals surface area contributed by atoms with E-state index < -0.39 is 20.4 Å². The number of rotatable bonds is 7. The topological polar surface area (TPSA) is 102 Å². The average molecular weight is 437 g/mol. The summed E-state index contributed by atoms with van der Waals surface area (Å²) in [4.78, 5) is 12.3. The van der Waals surface area contributed by atoms with Crippen LogP contribution in [0, 0.1) is 15.9 Å². The SMILES string of the molecule is COc1ccc(CN2CCC(Nc3ccc([N+](=O)[O-])c(S(C)(=O)=O)c3)CC2)cc1F. The first-order valence-corrected chi connectivity index (χ1v) is 11.4. The van der Waals surface area contributed by atoms with Gasteiger partial charge in [0.25, 0.3) is 5.69 Å². The normalized spacial score (nSPS) is 15.7. The van der Waals surface area contributed by atoms with Gasteiger partial charge < -0.3 is 10.1 Å². The third-order valence-electron chi connectivity index (χ3n) is 5.14. The molecule has 0 saturated carbocycles. The first-order valence-electron chi connectivity index (χ1n) is 9.47. The zero-order chi connectivity index (χ0) is 21.9. The predicted molar refractivity (Wildman–Crippen MR) is 111 cm³/mol. The molecule has 162 valence electrons. The minimum absolute atomic E-state index is 0.114. The van der Waals surface area contributed by atoms with E-state index in [9.17, 15) is 22.9 Å². The lowest BCUT2D eigenvalue weighted by molar-refractivity contribution is -0.387. The molecule has 1 saturated heterocycles. The van der Waals surface area contributed by atoms with E-state index in [0.717, 1.165) is 37.8 Å². The van der Waals surface area contributed by atoms with Gasteiger partial charge in [0, 0.05) is 43.7 Å². The van der Waals surface area contributed by atoms with Gasteiger partial charge >= 0.3 is 0 Å². The third kappa shape index (κ3) is 5.25. The monoisotopic (exact) mass is 437 g/mol. The quantitative estimate of drug-likeness (QED) is 0.524. The molecule has 0 aromatic heterocycles. The van der Waals surface area contributed by atoms with Crippen LogP contribution >= 0.6 is 0 Å². The highest BCUT2D eigenvalue weighted by Crippen LogP contribution is 2.28. The zero-order valence-electron chi connectivity index (χ0n) is 16.8. The van der Waals surface area contributed by atoms with Crippen LogP contribution in [0.3, 0.4) is 0 Å². The second-order valence-corrected chi connectivity index (χ2v) is 9.36. The van der Waals surface area contributed by atoms with Gasteiger partial charge in [-0.15, -0.1) is 0 Å². The summed E-state index contributed by atoms with van der Waals surface area (Å²) in [5.74, 6) is -0.162. The molecule has 0 atom stereocenters. The van der Waals surface area contributed by atoms with Gasteiger partial charge in [0.1, 0.15) is 4.90 Å². The third-order valence-corrected chi connectivity index (χ3v) is 6.26. The minimum atomic E-state index is -3.72. The summed E-state index contributed by atoms with van der Waals surface area (Å²) < 4.78 is 42.6. The van der Waals surface area contributed by atoms with Gasteiger partial charge in [-0.3, -0.25) is 15.0 Å². The van der Waals surface area contributed by atoms with E-state index in [1.807, 2.05) is 6.07 Å². The number of ether oxygens (including phenoxy) is 1. The first kappa shape index (κ1) is 22.0. The molecule has 0 bridgehead atoms. The fourth-order valence-corrected chi connectivity index (χ4v) is 4.45. The molecule has 1 aliphatic rings. The fourth-order valence-electron chi connectivity index (χ4n) is 3.59. The lowest BCUT2D eigenvalue weighted by Gasteiger charge is -2.33. The molecule has 8 nitrogen and oxygen atoms in total. The van der Waals surface area contributed by atoms with E-state index >= 15 is 0 Å². The molecular formula is C20H24FN3O5S. The van der Waals surface area contributed by atoms with Crippen LogP contribution in [0.25, 0.3) is 0 Å². The highest BCUT2D eigenvalue weighted by Gasteiger charge is 2.24. The summed E-state index contributed by atoms with van der Waals surface area (Å²) in [6.45, 7) is 2.21. The zero-order valence-corrected chi connectivity index (χ0v) is 17.6. The number of piperidine rings is 1. The number of sulfone groups is 1. The van der Waals surface area contributed by atoms with Crippen molar-refractivity contribution in [3.8, 4) is 5.75 Å². The number of hydrogen-bond donors (Lipinski definition) is 1. The largest absolute Gasteiger partial charge is 0.494 e. The molecule has 2 aromatic rings. The molecule has 10 heteroatoms. The van der Waals surface area contributed by atoms with Crippen molar-refractivity contribution in [2.45, 2.75) is 30.3 Å². The van der Waals surface area contributed by atoms with Crippen molar-refractivity contribution >= 4 is 21.2 Å². The van der Waals surface area contributed by atoms with Gasteiger partial charge in [0.05, 0.1) is 12.0 Å². The maximum Gasteiger partial charge on any atom is 0.288 e. The van der Waals surface area contributed by atoms with Crippen molar-refractivity contribution < 1.29 is 22.5 Å². The predicted octanol–water partition coefficient (Wildman–Crippen LogP) is 3.22. The van der Waals surface area contributed by atoms with E-state index in [0.29, 0.717) is 12.2 Å². The molecule has 30 heavy (non-hydrogen) atoms. The molecule has 0 radical (unpaired) electrons. The lowest BCUT2D eigenvalue weighted by atomic mass is 10.0. The first-order chi connectivity index (χ1) is 14.2. The van der Waals surface area contributed by atoms with Crippen molar-refractivity contribution in [2.75, 3.05) is 31.8 Å². The van der Waals surface area contributed by atoms with Crippen molar-refractivity contribution in [1.82, 2.24) is 4.90 Å². The van der Waals surface area contributed by atoms with Gasteiger partial charge in [0.15, 0.2) is 21.4 Å². The van der Waals surface area contributed by atoms with Gasteiger partial charge in [-0.05, 0) is 42.7 Å². The molecule has 1 fully saturated rings. The van der Waals surface area contributed by atoms with Crippen LogP contribution in [0.1, 0.15) is 18.4 Å². The van der Waals surface area contributed by atoms with Crippen LogP contribution in [-0.2, 0) is 16.4 Å². The Bertz CT molecular complexity index is 1040. The Morgan fingerprint density at radius 2 is 1.93 bits per heavy atom. The molecular weight excluding hydrogens is 413 g/mol. The van der Waals surface area contributed by atoms with Crippen LogP contribution in [0.2, 0.25) is 0 Å². The molecule has 1 aliphatic heterocycles. The van der Waals surface area contributed by atoms with E-state index in [-0.39, 0.29) is 22.5 Å². The van der Waals surface area contributed by atoms with Crippen molar-refractivity contribution in [2.24, 2.45) is 0 Å². The second kappa shape index (κ2) is 8.97. The Balaban J connectivity index is 1.61.